The zero-order valence-electron chi connectivity index (χ0n) is 11.8. The molecule has 1 unspecified atom stereocenters. The van der Waals surface area contributed by atoms with Crippen LogP contribution in [0.25, 0.3) is 10.8 Å². The fraction of sp³-hybridized carbons (Fsp3) is 0.353. The second-order valence-electron chi connectivity index (χ2n) is 5.42. The first-order valence-electron chi connectivity index (χ1n) is 7.35. The molecule has 1 amide bonds. The summed E-state index contributed by atoms with van der Waals surface area (Å²) >= 11 is 0. The third-order valence-electron chi connectivity index (χ3n) is 3.87. The van der Waals surface area contributed by atoms with E-state index in [1.165, 1.54) is 0 Å². The Morgan fingerprint density at radius 3 is 2.71 bits per heavy atom. The molecule has 1 fully saturated rings. The van der Waals surface area contributed by atoms with Gasteiger partial charge in [-0.2, -0.15) is 0 Å². The standard InChI is InChI=1S/C17H19NO3/c19-16-10-13-6-2-1-5-12(13)9-15(16)17(20)18-11-14-7-3-4-8-21-14/h1-2,5-6,9-10,14,19H,3-4,7-8,11H2,(H,18,20). The van der Waals surface area contributed by atoms with Gasteiger partial charge >= 0.3 is 0 Å². The molecule has 1 heterocycles. The van der Waals surface area contributed by atoms with Crippen molar-refractivity contribution in [3.8, 4) is 5.75 Å². The van der Waals surface area contributed by atoms with Crippen LogP contribution in [-0.2, 0) is 4.74 Å². The molecule has 0 radical (unpaired) electrons. The van der Waals surface area contributed by atoms with Crippen LogP contribution in [0.3, 0.4) is 0 Å². The molecule has 1 aliphatic heterocycles. The first kappa shape index (κ1) is 13.9. The van der Waals surface area contributed by atoms with Crippen molar-refractivity contribution in [2.24, 2.45) is 0 Å². The number of hydrogen-bond donors (Lipinski definition) is 2. The van der Waals surface area contributed by atoms with Gasteiger partial charge in [0.15, 0.2) is 0 Å². The van der Waals surface area contributed by atoms with Crippen LogP contribution in [0, 0.1) is 0 Å². The maximum atomic E-state index is 12.2. The van der Waals surface area contributed by atoms with Gasteiger partial charge in [0.1, 0.15) is 5.75 Å². The van der Waals surface area contributed by atoms with Gasteiger partial charge in [0.2, 0.25) is 0 Å². The van der Waals surface area contributed by atoms with Crippen LogP contribution in [0.1, 0.15) is 29.6 Å². The van der Waals surface area contributed by atoms with Gasteiger partial charge < -0.3 is 15.2 Å². The van der Waals surface area contributed by atoms with Crippen molar-refractivity contribution >= 4 is 16.7 Å². The Kier molecular flexibility index (Phi) is 4.06. The van der Waals surface area contributed by atoms with Crippen molar-refractivity contribution in [3.63, 3.8) is 0 Å². The van der Waals surface area contributed by atoms with Crippen LogP contribution in [0.5, 0.6) is 5.75 Å². The molecule has 1 aliphatic rings. The summed E-state index contributed by atoms with van der Waals surface area (Å²) in [6.45, 7) is 1.26. The van der Waals surface area contributed by atoms with Crippen LogP contribution in [0.2, 0.25) is 0 Å². The molecule has 110 valence electrons. The van der Waals surface area contributed by atoms with Crippen molar-refractivity contribution < 1.29 is 14.6 Å². The van der Waals surface area contributed by atoms with Gasteiger partial charge in [-0.25, -0.2) is 0 Å². The lowest BCUT2D eigenvalue weighted by molar-refractivity contribution is 0.0169. The van der Waals surface area contributed by atoms with Crippen LogP contribution < -0.4 is 5.32 Å². The largest absolute Gasteiger partial charge is 0.507 e. The molecule has 0 bridgehead atoms. The van der Waals surface area contributed by atoms with E-state index in [-0.39, 0.29) is 17.8 Å². The highest BCUT2D eigenvalue weighted by molar-refractivity contribution is 6.01. The van der Waals surface area contributed by atoms with E-state index in [0.717, 1.165) is 36.6 Å². The van der Waals surface area contributed by atoms with Gasteiger partial charge in [-0.15, -0.1) is 0 Å². The summed E-state index contributed by atoms with van der Waals surface area (Å²) in [6, 6.07) is 11.0. The second-order valence-corrected chi connectivity index (χ2v) is 5.42. The maximum absolute atomic E-state index is 12.2. The number of phenolic OH excluding ortho intramolecular Hbond substituents is 1. The number of hydrogen-bond acceptors (Lipinski definition) is 3. The Labute approximate surface area is 123 Å². The summed E-state index contributed by atoms with van der Waals surface area (Å²) in [7, 11) is 0. The Balaban J connectivity index is 1.73. The van der Waals surface area contributed by atoms with E-state index in [1.807, 2.05) is 24.3 Å². The van der Waals surface area contributed by atoms with Crippen LogP contribution in [0.4, 0.5) is 0 Å². The minimum absolute atomic E-state index is 0.00997. The number of carbonyl (C=O) groups excluding carboxylic acids is 1. The fourth-order valence-electron chi connectivity index (χ4n) is 2.68. The highest BCUT2D eigenvalue weighted by Crippen LogP contribution is 2.25. The summed E-state index contributed by atoms with van der Waals surface area (Å²) < 4.78 is 5.59. The van der Waals surface area contributed by atoms with Crippen LogP contribution in [-0.4, -0.2) is 30.3 Å². The number of rotatable bonds is 3. The lowest BCUT2D eigenvalue weighted by Crippen LogP contribution is -2.35. The normalized spacial score (nSPS) is 18.6. The topological polar surface area (TPSA) is 58.6 Å². The van der Waals surface area contributed by atoms with E-state index in [2.05, 4.69) is 5.32 Å². The summed E-state index contributed by atoms with van der Waals surface area (Å²) in [6.07, 6.45) is 3.30. The van der Waals surface area contributed by atoms with Crippen molar-refractivity contribution in [2.45, 2.75) is 25.4 Å². The Morgan fingerprint density at radius 1 is 1.24 bits per heavy atom. The van der Waals surface area contributed by atoms with Crippen molar-refractivity contribution in [1.29, 1.82) is 0 Å². The van der Waals surface area contributed by atoms with Crippen LogP contribution >= 0.6 is 0 Å². The Hall–Kier alpha value is -2.07. The SMILES string of the molecule is O=C(NCC1CCCCO1)c1cc2ccccc2cc1O. The molecule has 4 heteroatoms. The van der Waals surface area contributed by atoms with Gasteiger partial charge in [-0.05, 0) is 42.2 Å². The van der Waals surface area contributed by atoms with Gasteiger partial charge in [-0.3, -0.25) is 4.79 Å². The third-order valence-corrected chi connectivity index (χ3v) is 3.87. The highest BCUT2D eigenvalue weighted by atomic mass is 16.5. The summed E-state index contributed by atoms with van der Waals surface area (Å²) in [5, 5.41) is 14.7. The predicted octanol–water partition coefficient (Wildman–Crippen LogP) is 2.84. The van der Waals surface area contributed by atoms with Crippen LogP contribution in [0.15, 0.2) is 36.4 Å². The fourth-order valence-corrected chi connectivity index (χ4v) is 2.68. The lowest BCUT2D eigenvalue weighted by atomic mass is 10.0. The molecule has 21 heavy (non-hydrogen) atoms. The van der Waals surface area contributed by atoms with E-state index >= 15 is 0 Å². The average molecular weight is 285 g/mol. The van der Waals surface area contributed by atoms with Gasteiger partial charge in [-0.1, -0.05) is 24.3 Å². The lowest BCUT2D eigenvalue weighted by Gasteiger charge is -2.22. The quantitative estimate of drug-likeness (QED) is 0.911. The van der Waals surface area contributed by atoms with Gasteiger partial charge in [0, 0.05) is 13.2 Å². The minimum atomic E-state index is -0.257. The maximum Gasteiger partial charge on any atom is 0.255 e. The zero-order valence-corrected chi connectivity index (χ0v) is 11.8. The average Bonchev–Trinajstić information content (AvgIpc) is 2.53. The van der Waals surface area contributed by atoms with Gasteiger partial charge in [0.25, 0.3) is 5.91 Å². The number of phenols is 1. The smallest absolute Gasteiger partial charge is 0.255 e. The predicted molar refractivity (Wildman–Crippen MR) is 81.5 cm³/mol. The molecule has 3 rings (SSSR count). The molecular weight excluding hydrogens is 266 g/mol. The second kappa shape index (κ2) is 6.14. The van der Waals surface area contributed by atoms with Crippen molar-refractivity contribution in [2.75, 3.05) is 13.2 Å². The van der Waals surface area contributed by atoms with E-state index in [1.54, 1.807) is 12.1 Å². The van der Waals surface area contributed by atoms with Gasteiger partial charge in [0.05, 0.1) is 11.7 Å². The molecule has 0 aliphatic carbocycles. The molecule has 1 saturated heterocycles. The first-order valence-corrected chi connectivity index (χ1v) is 7.35. The van der Waals surface area contributed by atoms with E-state index in [0.29, 0.717) is 12.1 Å². The summed E-state index contributed by atoms with van der Waals surface area (Å²) in [4.78, 5) is 12.2. The third kappa shape index (κ3) is 3.16. The molecule has 4 nitrogen and oxygen atoms in total. The molecule has 1 atom stereocenters. The van der Waals surface area contributed by atoms with E-state index in [9.17, 15) is 9.90 Å². The molecule has 0 spiro atoms. The first-order chi connectivity index (χ1) is 10.2. The number of aromatic hydroxyl groups is 1. The number of carbonyl (C=O) groups is 1. The number of nitrogens with one attached hydrogen (secondary N) is 1. The Bertz CT molecular complexity index is 648. The zero-order chi connectivity index (χ0) is 14.7. The minimum Gasteiger partial charge on any atom is -0.507 e. The van der Waals surface area contributed by atoms with Crippen molar-refractivity contribution in [3.05, 3.63) is 42.0 Å². The Morgan fingerprint density at radius 2 is 2.00 bits per heavy atom. The monoisotopic (exact) mass is 285 g/mol. The molecular formula is C17H19NO3. The molecule has 0 saturated carbocycles. The number of ether oxygens (including phenoxy) is 1. The molecule has 2 aromatic rings. The van der Waals surface area contributed by atoms with Crippen molar-refractivity contribution in [1.82, 2.24) is 5.32 Å². The molecule has 0 aromatic heterocycles. The number of fused-ring (bicyclic) bond motifs is 1. The van der Waals surface area contributed by atoms with E-state index < -0.39 is 0 Å². The number of amides is 1. The van der Waals surface area contributed by atoms with E-state index in [4.69, 9.17) is 4.74 Å². The molecule has 2 aromatic carbocycles. The summed E-state index contributed by atoms with van der Waals surface area (Å²) in [5.74, 6) is -0.247. The number of benzene rings is 2. The highest BCUT2D eigenvalue weighted by Gasteiger charge is 2.17. The summed E-state index contributed by atoms with van der Waals surface area (Å²) in [5.41, 5.74) is 0.310. The molecule has 2 N–H and O–H groups in total.